The third-order valence-electron chi connectivity index (χ3n) is 9.40. The Balaban J connectivity index is 0.963. The summed E-state index contributed by atoms with van der Waals surface area (Å²) in [6, 6.07) is 4.54. The molecule has 0 bridgehead atoms. The highest BCUT2D eigenvalue weighted by atomic mass is 32.1. The molecule has 4 fully saturated rings. The molecule has 39 heavy (non-hydrogen) atoms. The van der Waals surface area contributed by atoms with Gasteiger partial charge >= 0.3 is 0 Å². The first-order valence-corrected chi connectivity index (χ1v) is 15.7. The van der Waals surface area contributed by atoms with E-state index in [-0.39, 0.29) is 42.9 Å². The van der Waals surface area contributed by atoms with E-state index < -0.39 is 24.4 Å². The smallest absolute Gasteiger partial charge is 0.264 e. The molecular weight excluding hydrogens is 527 g/mol. The third kappa shape index (κ3) is 7.17. The number of amides is 2. The van der Waals surface area contributed by atoms with Crippen molar-refractivity contribution in [2.24, 2.45) is 11.8 Å². The summed E-state index contributed by atoms with van der Waals surface area (Å²) >= 11 is 1.50. The van der Waals surface area contributed by atoms with E-state index in [2.05, 4.69) is 10.2 Å². The average molecular weight is 570 g/mol. The molecule has 1 saturated heterocycles. The summed E-state index contributed by atoms with van der Waals surface area (Å²) in [7, 11) is 0. The first kappa shape index (κ1) is 28.9. The molecule has 5 rings (SSSR count). The molecule has 2 heterocycles. The van der Waals surface area contributed by atoms with Gasteiger partial charge in [0.05, 0.1) is 17.6 Å². The standard InChI is InChI=1S/C29H42F3N3O3S/c30-24-12-5-20(26(31)27(24)32)18-38-23-10-3-19(4-11-23)28(36)33-21-6-8-22(9-7-21)34-13-15-35(16-14-34)29(37)25-2-1-17-39-25/h1-2,17,19-24,26-27H,3-16,18H2,(H,33,36). The van der Waals surface area contributed by atoms with E-state index in [4.69, 9.17) is 4.74 Å². The lowest BCUT2D eigenvalue weighted by atomic mass is 9.84. The van der Waals surface area contributed by atoms with Gasteiger partial charge in [0.25, 0.3) is 5.91 Å². The fourth-order valence-electron chi connectivity index (χ4n) is 6.83. The van der Waals surface area contributed by atoms with Gasteiger partial charge in [-0.15, -0.1) is 11.3 Å². The van der Waals surface area contributed by atoms with Crippen LogP contribution in [0.1, 0.15) is 73.9 Å². The number of ether oxygens (including phenoxy) is 1. The molecule has 0 aromatic carbocycles. The number of halogens is 3. The molecule has 4 unspecified atom stereocenters. The summed E-state index contributed by atoms with van der Waals surface area (Å²) in [6.45, 7) is 3.47. The summed E-state index contributed by atoms with van der Waals surface area (Å²) < 4.78 is 47.0. The van der Waals surface area contributed by atoms with Gasteiger partial charge in [-0.05, 0) is 75.7 Å². The minimum absolute atomic E-state index is 0.0253. The van der Waals surface area contributed by atoms with Crippen molar-refractivity contribution in [3.8, 4) is 0 Å². The van der Waals surface area contributed by atoms with Gasteiger partial charge in [0.15, 0.2) is 6.17 Å². The molecule has 4 aliphatic rings. The lowest BCUT2D eigenvalue weighted by Gasteiger charge is -2.42. The zero-order valence-corrected chi connectivity index (χ0v) is 23.4. The molecule has 3 aliphatic carbocycles. The maximum Gasteiger partial charge on any atom is 0.264 e. The number of piperazine rings is 1. The Hall–Kier alpha value is -1.65. The predicted octanol–water partition coefficient (Wildman–Crippen LogP) is 4.93. The van der Waals surface area contributed by atoms with Crippen LogP contribution in [0.2, 0.25) is 0 Å². The number of nitrogens with one attached hydrogen (secondary N) is 1. The minimum atomic E-state index is -2.04. The number of carbonyl (C=O) groups is 2. The van der Waals surface area contributed by atoms with Crippen molar-refractivity contribution in [1.29, 1.82) is 0 Å². The molecular formula is C29H42F3N3O3S. The Bertz CT molecular complexity index is 929. The zero-order chi connectivity index (χ0) is 27.4. The zero-order valence-electron chi connectivity index (χ0n) is 22.6. The molecule has 2 amide bonds. The van der Waals surface area contributed by atoms with Gasteiger partial charge in [0.2, 0.25) is 5.91 Å². The number of rotatable bonds is 7. The molecule has 1 aromatic rings. The van der Waals surface area contributed by atoms with Crippen LogP contribution < -0.4 is 5.32 Å². The molecule has 3 saturated carbocycles. The highest BCUT2D eigenvalue weighted by molar-refractivity contribution is 7.12. The van der Waals surface area contributed by atoms with Crippen molar-refractivity contribution < 1.29 is 27.5 Å². The van der Waals surface area contributed by atoms with Gasteiger partial charge in [-0.2, -0.15) is 0 Å². The van der Waals surface area contributed by atoms with Crippen molar-refractivity contribution in [1.82, 2.24) is 15.1 Å². The lowest BCUT2D eigenvalue weighted by molar-refractivity contribution is -0.128. The number of thiophene rings is 1. The van der Waals surface area contributed by atoms with Crippen molar-refractivity contribution in [3.63, 3.8) is 0 Å². The second kappa shape index (κ2) is 13.3. The fraction of sp³-hybridized carbons (Fsp3) is 0.793. The number of hydrogen-bond acceptors (Lipinski definition) is 5. The molecule has 0 spiro atoms. The van der Waals surface area contributed by atoms with Crippen LogP contribution in [-0.2, 0) is 9.53 Å². The van der Waals surface area contributed by atoms with Crippen molar-refractivity contribution in [2.45, 2.75) is 101 Å². The van der Waals surface area contributed by atoms with Gasteiger partial charge in [0.1, 0.15) is 12.3 Å². The Morgan fingerprint density at radius 2 is 1.62 bits per heavy atom. The first-order valence-electron chi connectivity index (χ1n) is 14.8. The number of carbonyl (C=O) groups excluding carboxylic acids is 2. The Morgan fingerprint density at radius 1 is 0.897 bits per heavy atom. The van der Waals surface area contributed by atoms with Crippen molar-refractivity contribution >= 4 is 23.2 Å². The van der Waals surface area contributed by atoms with E-state index in [1.807, 2.05) is 22.4 Å². The average Bonchev–Trinajstić information content (AvgIpc) is 3.51. The van der Waals surface area contributed by atoms with Crippen LogP contribution in [-0.4, -0.2) is 91.1 Å². The van der Waals surface area contributed by atoms with E-state index in [0.717, 1.165) is 82.4 Å². The number of alkyl halides is 3. The quantitative estimate of drug-likeness (QED) is 0.506. The Morgan fingerprint density at radius 3 is 2.28 bits per heavy atom. The molecule has 1 aliphatic heterocycles. The predicted molar refractivity (Wildman–Crippen MR) is 145 cm³/mol. The van der Waals surface area contributed by atoms with E-state index in [1.54, 1.807) is 0 Å². The number of nitrogens with zero attached hydrogens (tertiary/aromatic N) is 2. The molecule has 10 heteroatoms. The molecule has 1 N–H and O–H groups in total. The third-order valence-corrected chi connectivity index (χ3v) is 10.3. The normalized spacial score (nSPS) is 36.4. The molecule has 4 atom stereocenters. The van der Waals surface area contributed by atoms with Crippen LogP contribution in [0.15, 0.2) is 17.5 Å². The topological polar surface area (TPSA) is 61.9 Å². The van der Waals surface area contributed by atoms with Gasteiger partial charge in [-0.3, -0.25) is 14.5 Å². The molecule has 0 radical (unpaired) electrons. The van der Waals surface area contributed by atoms with E-state index >= 15 is 0 Å². The highest BCUT2D eigenvalue weighted by Crippen LogP contribution is 2.34. The van der Waals surface area contributed by atoms with Gasteiger partial charge in [-0.25, -0.2) is 13.2 Å². The van der Waals surface area contributed by atoms with Crippen LogP contribution in [0, 0.1) is 11.8 Å². The maximum atomic E-state index is 14.1. The Labute approximate surface area is 233 Å². The largest absolute Gasteiger partial charge is 0.378 e. The lowest BCUT2D eigenvalue weighted by Crippen LogP contribution is -2.53. The molecule has 1 aromatic heterocycles. The van der Waals surface area contributed by atoms with Crippen molar-refractivity contribution in [3.05, 3.63) is 22.4 Å². The summed E-state index contributed by atoms with van der Waals surface area (Å²) in [5.41, 5.74) is 0. The second-order valence-corrected chi connectivity index (χ2v) is 12.8. The van der Waals surface area contributed by atoms with Crippen LogP contribution >= 0.6 is 11.3 Å². The van der Waals surface area contributed by atoms with Crippen LogP contribution in [0.4, 0.5) is 13.2 Å². The highest BCUT2D eigenvalue weighted by Gasteiger charge is 2.41. The maximum absolute atomic E-state index is 14.1. The summed E-state index contributed by atoms with van der Waals surface area (Å²) in [6.07, 6.45) is 1.80. The van der Waals surface area contributed by atoms with Gasteiger partial charge < -0.3 is 15.0 Å². The van der Waals surface area contributed by atoms with Crippen LogP contribution in [0.5, 0.6) is 0 Å². The monoisotopic (exact) mass is 569 g/mol. The summed E-state index contributed by atoms with van der Waals surface area (Å²) in [4.78, 5) is 30.8. The SMILES string of the molecule is O=C(NC1CCC(N2CCN(C(=O)c3cccs3)CC2)CC1)C1CCC(OCC2CCC(F)C(F)C2F)CC1. The van der Waals surface area contributed by atoms with Crippen LogP contribution in [0.3, 0.4) is 0 Å². The Kier molecular flexibility index (Phi) is 9.87. The summed E-state index contributed by atoms with van der Waals surface area (Å²) in [5.74, 6) is -0.341. The molecule has 218 valence electrons. The van der Waals surface area contributed by atoms with Crippen LogP contribution in [0.25, 0.3) is 0 Å². The van der Waals surface area contributed by atoms with Crippen molar-refractivity contribution in [2.75, 3.05) is 32.8 Å². The van der Waals surface area contributed by atoms with Gasteiger partial charge in [-0.1, -0.05) is 6.07 Å². The first-order chi connectivity index (χ1) is 18.9. The van der Waals surface area contributed by atoms with E-state index in [0.29, 0.717) is 12.5 Å². The van der Waals surface area contributed by atoms with Gasteiger partial charge in [0, 0.05) is 50.1 Å². The molecule has 6 nitrogen and oxygen atoms in total. The second-order valence-electron chi connectivity index (χ2n) is 11.9. The van der Waals surface area contributed by atoms with E-state index in [1.165, 1.54) is 11.3 Å². The number of hydrogen-bond donors (Lipinski definition) is 1. The summed E-state index contributed by atoms with van der Waals surface area (Å²) in [5, 5.41) is 5.23. The minimum Gasteiger partial charge on any atom is -0.378 e. The fourth-order valence-corrected chi connectivity index (χ4v) is 7.52. The van der Waals surface area contributed by atoms with E-state index in [9.17, 15) is 22.8 Å².